The molecule has 1 heterocycles. The lowest BCUT2D eigenvalue weighted by Gasteiger charge is -2.28. The van der Waals surface area contributed by atoms with Crippen LogP contribution in [0.15, 0.2) is 23.1 Å². The van der Waals surface area contributed by atoms with Gasteiger partial charge >= 0.3 is 0 Å². The highest BCUT2D eigenvalue weighted by Crippen LogP contribution is 2.24. The fourth-order valence-electron chi connectivity index (χ4n) is 2.89. The number of nitrogens with one attached hydrogen (secondary N) is 2. The van der Waals surface area contributed by atoms with Crippen LogP contribution in [-0.2, 0) is 10.0 Å². The van der Waals surface area contributed by atoms with Gasteiger partial charge in [0.1, 0.15) is 5.75 Å². The molecule has 0 aromatic heterocycles. The smallest absolute Gasteiger partial charge is 0.240 e. The molecule has 2 atom stereocenters. The average Bonchev–Trinajstić information content (AvgIpc) is 2.49. The van der Waals surface area contributed by atoms with Crippen LogP contribution in [-0.4, -0.2) is 33.7 Å². The molecule has 0 bridgehead atoms. The number of piperidine rings is 1. The number of ether oxygens (including phenoxy) is 1. The first-order valence-corrected chi connectivity index (χ1v) is 9.78. The summed E-state index contributed by atoms with van der Waals surface area (Å²) in [6, 6.07) is 4.93. The lowest BCUT2D eigenvalue weighted by Crippen LogP contribution is -2.44. The zero-order valence-electron chi connectivity index (χ0n) is 14.8. The normalized spacial score (nSPS) is 19.6. The van der Waals surface area contributed by atoms with Crippen LogP contribution in [0.5, 0.6) is 5.75 Å². The lowest BCUT2D eigenvalue weighted by atomic mass is 9.94. The van der Waals surface area contributed by atoms with E-state index in [-0.39, 0.29) is 24.6 Å². The van der Waals surface area contributed by atoms with E-state index in [0.29, 0.717) is 10.8 Å². The molecule has 7 heteroatoms. The van der Waals surface area contributed by atoms with Crippen molar-refractivity contribution in [1.82, 2.24) is 10.0 Å². The van der Waals surface area contributed by atoms with Crippen LogP contribution in [0.4, 0.5) is 0 Å². The highest BCUT2D eigenvalue weighted by molar-refractivity contribution is 7.89. The van der Waals surface area contributed by atoms with Crippen molar-refractivity contribution in [3.05, 3.63) is 23.8 Å². The van der Waals surface area contributed by atoms with Crippen molar-refractivity contribution in [1.29, 1.82) is 0 Å². The molecular weight excluding hydrogens is 348 g/mol. The van der Waals surface area contributed by atoms with Crippen LogP contribution < -0.4 is 14.8 Å². The summed E-state index contributed by atoms with van der Waals surface area (Å²) in [6.45, 7) is 9.59. The highest BCUT2D eigenvalue weighted by atomic mass is 35.5. The molecule has 0 radical (unpaired) electrons. The van der Waals surface area contributed by atoms with Gasteiger partial charge in [0.05, 0.1) is 11.0 Å². The van der Waals surface area contributed by atoms with Crippen molar-refractivity contribution in [2.75, 3.05) is 13.1 Å². The third-order valence-electron chi connectivity index (χ3n) is 4.20. The number of hydrogen-bond donors (Lipinski definition) is 2. The summed E-state index contributed by atoms with van der Waals surface area (Å²) in [7, 11) is -3.51. The minimum atomic E-state index is -3.51. The molecule has 5 nitrogen and oxygen atoms in total. The van der Waals surface area contributed by atoms with Gasteiger partial charge in [0.25, 0.3) is 0 Å². The van der Waals surface area contributed by atoms with Gasteiger partial charge in [-0.2, -0.15) is 0 Å². The monoisotopic (exact) mass is 376 g/mol. The van der Waals surface area contributed by atoms with Gasteiger partial charge in [0, 0.05) is 6.04 Å². The van der Waals surface area contributed by atoms with Gasteiger partial charge in [-0.25, -0.2) is 13.1 Å². The minimum absolute atomic E-state index is 0. The predicted molar refractivity (Wildman–Crippen MR) is 99.6 cm³/mol. The zero-order valence-corrected chi connectivity index (χ0v) is 16.5. The highest BCUT2D eigenvalue weighted by Gasteiger charge is 2.25. The molecule has 0 saturated carbocycles. The first-order chi connectivity index (χ1) is 10.8. The van der Waals surface area contributed by atoms with E-state index in [2.05, 4.69) is 10.0 Å². The fraction of sp³-hybridized carbons (Fsp3) is 0.647. The Morgan fingerprint density at radius 2 is 2.00 bits per heavy atom. The van der Waals surface area contributed by atoms with E-state index in [4.69, 9.17) is 4.74 Å². The molecule has 1 aliphatic heterocycles. The molecule has 1 fully saturated rings. The number of sulfonamides is 1. The van der Waals surface area contributed by atoms with Crippen LogP contribution >= 0.6 is 12.4 Å². The largest absolute Gasteiger partial charge is 0.491 e. The van der Waals surface area contributed by atoms with Crippen LogP contribution in [0.2, 0.25) is 0 Å². The van der Waals surface area contributed by atoms with Crippen molar-refractivity contribution in [3.63, 3.8) is 0 Å². The first-order valence-electron chi connectivity index (χ1n) is 8.30. The summed E-state index contributed by atoms with van der Waals surface area (Å²) >= 11 is 0. The van der Waals surface area contributed by atoms with Crippen molar-refractivity contribution >= 4 is 22.4 Å². The van der Waals surface area contributed by atoms with Gasteiger partial charge < -0.3 is 10.1 Å². The van der Waals surface area contributed by atoms with Gasteiger partial charge in [-0.05, 0) is 83.3 Å². The minimum Gasteiger partial charge on any atom is -0.491 e. The van der Waals surface area contributed by atoms with Gasteiger partial charge in [0.15, 0.2) is 0 Å². The molecule has 0 spiro atoms. The standard InChI is InChI=1S/C17H28N2O3S.ClH/c1-12(2)22-17-8-7-16(10-13(17)3)23(20,21)19-14(4)15-6-5-9-18-11-15;/h7-8,10,12,14-15,18-19H,5-6,9,11H2,1-4H3;1H. The second-order valence-electron chi connectivity index (χ2n) is 6.61. The molecule has 1 aromatic carbocycles. The lowest BCUT2D eigenvalue weighted by molar-refractivity contribution is 0.240. The van der Waals surface area contributed by atoms with E-state index in [9.17, 15) is 8.42 Å². The van der Waals surface area contributed by atoms with E-state index in [1.807, 2.05) is 27.7 Å². The van der Waals surface area contributed by atoms with Crippen molar-refractivity contribution < 1.29 is 13.2 Å². The van der Waals surface area contributed by atoms with Crippen LogP contribution in [0.1, 0.15) is 39.2 Å². The predicted octanol–water partition coefficient (Wildman–Crippen LogP) is 2.87. The molecule has 1 aromatic rings. The molecule has 24 heavy (non-hydrogen) atoms. The number of hydrogen-bond acceptors (Lipinski definition) is 4. The van der Waals surface area contributed by atoms with Gasteiger partial charge in [-0.3, -0.25) is 0 Å². The zero-order chi connectivity index (χ0) is 17.0. The van der Waals surface area contributed by atoms with Crippen molar-refractivity contribution in [2.45, 2.75) is 57.6 Å². The summed E-state index contributed by atoms with van der Waals surface area (Å²) in [4.78, 5) is 0.293. The van der Waals surface area contributed by atoms with E-state index in [0.717, 1.165) is 37.2 Å². The molecule has 1 aliphatic rings. The van der Waals surface area contributed by atoms with Gasteiger partial charge in [-0.1, -0.05) is 0 Å². The molecule has 2 N–H and O–H groups in total. The van der Waals surface area contributed by atoms with Gasteiger partial charge in [0.2, 0.25) is 10.0 Å². The van der Waals surface area contributed by atoms with E-state index < -0.39 is 10.0 Å². The Morgan fingerprint density at radius 1 is 1.29 bits per heavy atom. The van der Waals surface area contributed by atoms with Crippen molar-refractivity contribution in [3.8, 4) is 5.75 Å². The molecule has 2 unspecified atom stereocenters. The quantitative estimate of drug-likeness (QED) is 0.801. The Hall–Kier alpha value is -0.820. The number of halogens is 1. The molecule has 0 amide bonds. The maximum atomic E-state index is 12.6. The SMILES string of the molecule is Cc1cc(S(=O)(=O)NC(C)C2CCCNC2)ccc1OC(C)C.Cl. The molecule has 2 rings (SSSR count). The van der Waals surface area contributed by atoms with E-state index in [1.165, 1.54) is 0 Å². The van der Waals surface area contributed by atoms with Crippen LogP contribution in [0.25, 0.3) is 0 Å². The maximum absolute atomic E-state index is 12.6. The number of benzene rings is 1. The van der Waals surface area contributed by atoms with Gasteiger partial charge in [-0.15, -0.1) is 12.4 Å². The summed E-state index contributed by atoms with van der Waals surface area (Å²) in [5.74, 6) is 1.06. The van der Waals surface area contributed by atoms with Crippen LogP contribution in [0.3, 0.4) is 0 Å². The second kappa shape index (κ2) is 9.04. The third kappa shape index (κ3) is 5.62. The van der Waals surface area contributed by atoms with E-state index in [1.54, 1.807) is 18.2 Å². The Morgan fingerprint density at radius 3 is 2.54 bits per heavy atom. The average molecular weight is 377 g/mol. The van der Waals surface area contributed by atoms with Crippen LogP contribution in [0, 0.1) is 12.8 Å². The number of aryl methyl sites for hydroxylation is 1. The topological polar surface area (TPSA) is 67.4 Å². The third-order valence-corrected chi connectivity index (χ3v) is 5.76. The fourth-order valence-corrected chi connectivity index (χ4v) is 4.29. The molecular formula is C17H29ClN2O3S. The molecule has 138 valence electrons. The summed E-state index contributed by atoms with van der Waals surface area (Å²) in [6.07, 6.45) is 2.21. The van der Waals surface area contributed by atoms with Crippen molar-refractivity contribution in [2.24, 2.45) is 5.92 Å². The Bertz CT molecular complexity index is 629. The molecule has 0 aliphatic carbocycles. The van der Waals surface area contributed by atoms with E-state index >= 15 is 0 Å². The summed E-state index contributed by atoms with van der Waals surface area (Å²) in [5.41, 5.74) is 0.827. The maximum Gasteiger partial charge on any atom is 0.240 e. The second-order valence-corrected chi connectivity index (χ2v) is 8.32. The molecule has 1 saturated heterocycles. The Labute approximate surface area is 152 Å². The Kier molecular flexibility index (Phi) is 7.99. The summed E-state index contributed by atoms with van der Waals surface area (Å²) < 4.78 is 33.7. The number of rotatable bonds is 6. The first kappa shape index (κ1) is 21.2. The Balaban J connectivity index is 0.00000288. The summed E-state index contributed by atoms with van der Waals surface area (Å²) in [5, 5.41) is 3.32.